The number of benzene rings is 2. The summed E-state index contributed by atoms with van der Waals surface area (Å²) in [5.41, 5.74) is 1.28. The largest absolute Gasteiger partial charge is 0.487 e. The second-order valence-electron chi connectivity index (χ2n) is 6.43. The Kier molecular flexibility index (Phi) is 4.94. The van der Waals surface area contributed by atoms with Gasteiger partial charge < -0.3 is 9.64 Å². The Morgan fingerprint density at radius 2 is 2.15 bits per heavy atom. The van der Waals surface area contributed by atoms with Crippen LogP contribution in [0, 0.1) is 0 Å². The number of rotatable bonds is 5. The molecule has 0 saturated carbocycles. The van der Waals surface area contributed by atoms with E-state index in [9.17, 15) is 8.42 Å². The van der Waals surface area contributed by atoms with Crippen molar-refractivity contribution in [2.45, 2.75) is 17.4 Å². The Labute approximate surface area is 166 Å². The first kappa shape index (κ1) is 18.4. The lowest BCUT2D eigenvalue weighted by molar-refractivity contribution is 0.208. The van der Waals surface area contributed by atoms with Crippen LogP contribution < -0.4 is 9.46 Å². The van der Waals surface area contributed by atoms with Gasteiger partial charge in [0.25, 0.3) is 10.0 Å². The highest BCUT2D eigenvalue weighted by atomic mass is 35.5. The fraction of sp³-hybridized carbons (Fsp3) is 0.294. The van der Waals surface area contributed by atoms with Crippen molar-refractivity contribution in [3.8, 4) is 5.75 Å². The summed E-state index contributed by atoms with van der Waals surface area (Å²) in [5, 5.41) is 0.443. The molecule has 0 amide bonds. The van der Waals surface area contributed by atoms with Gasteiger partial charge >= 0.3 is 0 Å². The van der Waals surface area contributed by atoms with Gasteiger partial charge in [-0.25, -0.2) is 8.42 Å². The molecule has 1 aliphatic rings. The maximum atomic E-state index is 12.8. The number of ether oxygens (including phenoxy) is 1. The second kappa shape index (κ2) is 7.23. The van der Waals surface area contributed by atoms with Gasteiger partial charge in [-0.15, -0.1) is 0 Å². The average Bonchev–Trinajstić information content (AvgIpc) is 3.26. The zero-order valence-corrected chi connectivity index (χ0v) is 16.8. The quantitative estimate of drug-likeness (QED) is 0.676. The number of nitrogens with zero attached hydrogens (tertiary/aromatic N) is 3. The number of aromatic nitrogens is 2. The summed E-state index contributed by atoms with van der Waals surface area (Å²) in [4.78, 5) is 2.26. The highest BCUT2D eigenvalue weighted by Crippen LogP contribution is 2.31. The molecule has 0 spiro atoms. The van der Waals surface area contributed by atoms with Crippen molar-refractivity contribution >= 4 is 50.1 Å². The van der Waals surface area contributed by atoms with E-state index in [0.717, 1.165) is 31.2 Å². The molecular formula is C17H17ClN4O3S2. The second-order valence-corrected chi connectivity index (χ2v) is 9.02. The maximum absolute atomic E-state index is 12.8. The third-order valence-electron chi connectivity index (χ3n) is 4.36. The van der Waals surface area contributed by atoms with Crippen LogP contribution in [0.15, 0.2) is 41.3 Å². The van der Waals surface area contributed by atoms with Crippen LogP contribution in [0.25, 0.3) is 11.0 Å². The summed E-state index contributed by atoms with van der Waals surface area (Å²) in [6.45, 7) is 1.77. The van der Waals surface area contributed by atoms with Crippen molar-refractivity contribution in [1.29, 1.82) is 0 Å². The molecule has 4 rings (SSSR count). The maximum Gasteiger partial charge on any atom is 0.264 e. The molecule has 1 aliphatic heterocycles. The summed E-state index contributed by atoms with van der Waals surface area (Å²) < 4.78 is 42.4. The highest BCUT2D eigenvalue weighted by molar-refractivity contribution is 7.93. The van der Waals surface area contributed by atoms with Crippen LogP contribution in [0.1, 0.15) is 6.42 Å². The number of fused-ring (bicyclic) bond motifs is 1. The number of sulfonamides is 1. The lowest BCUT2D eigenvalue weighted by Gasteiger charge is -2.16. The van der Waals surface area contributed by atoms with Crippen molar-refractivity contribution < 1.29 is 13.2 Å². The van der Waals surface area contributed by atoms with Gasteiger partial charge in [0.1, 0.15) is 27.8 Å². The van der Waals surface area contributed by atoms with Gasteiger partial charge in [-0.1, -0.05) is 17.7 Å². The number of likely N-dealkylation sites (N-methyl/N-ethyl adjacent to an activating group) is 1. The van der Waals surface area contributed by atoms with Crippen molar-refractivity contribution in [3.63, 3.8) is 0 Å². The smallest absolute Gasteiger partial charge is 0.264 e. The minimum atomic E-state index is -3.83. The molecule has 1 atom stereocenters. The first-order valence-corrected chi connectivity index (χ1v) is 10.9. The number of anilines is 1. The summed E-state index contributed by atoms with van der Waals surface area (Å²) in [6, 6.07) is 9.72. The molecule has 7 nitrogen and oxygen atoms in total. The molecule has 0 bridgehead atoms. The first-order valence-electron chi connectivity index (χ1n) is 8.31. The van der Waals surface area contributed by atoms with E-state index < -0.39 is 10.0 Å². The molecule has 1 unspecified atom stereocenters. The van der Waals surface area contributed by atoms with E-state index in [1.54, 1.807) is 30.3 Å². The Balaban J connectivity index is 1.60. The van der Waals surface area contributed by atoms with Crippen LogP contribution in [-0.2, 0) is 10.0 Å². The Morgan fingerprint density at radius 3 is 2.93 bits per heavy atom. The predicted octanol–water partition coefficient (Wildman–Crippen LogP) is 3.23. The third-order valence-corrected chi connectivity index (χ3v) is 6.63. The minimum Gasteiger partial charge on any atom is -0.487 e. The van der Waals surface area contributed by atoms with Crippen molar-refractivity contribution in [2.24, 2.45) is 0 Å². The van der Waals surface area contributed by atoms with Crippen molar-refractivity contribution in [1.82, 2.24) is 13.6 Å². The molecule has 0 radical (unpaired) electrons. The summed E-state index contributed by atoms with van der Waals surface area (Å²) in [5.74, 6) is 0.464. The number of nitrogens with one attached hydrogen (secondary N) is 1. The van der Waals surface area contributed by atoms with E-state index in [2.05, 4.69) is 18.4 Å². The topological polar surface area (TPSA) is 84.4 Å². The van der Waals surface area contributed by atoms with Crippen LogP contribution in [0.4, 0.5) is 5.69 Å². The SMILES string of the molecule is CN1CCC(Oc2cc(NS(=O)(=O)c3cccc4nsnc34)ccc2Cl)C1. The van der Waals surface area contributed by atoms with Gasteiger partial charge in [0, 0.05) is 19.2 Å². The van der Waals surface area contributed by atoms with Crippen LogP contribution in [0.2, 0.25) is 5.02 Å². The summed E-state index contributed by atoms with van der Waals surface area (Å²) >= 11 is 7.21. The highest BCUT2D eigenvalue weighted by Gasteiger charge is 2.23. The summed E-state index contributed by atoms with van der Waals surface area (Å²) in [7, 11) is -1.80. The van der Waals surface area contributed by atoms with Crippen molar-refractivity contribution in [2.75, 3.05) is 24.9 Å². The molecule has 1 fully saturated rings. The van der Waals surface area contributed by atoms with E-state index in [4.69, 9.17) is 16.3 Å². The fourth-order valence-corrected chi connectivity index (χ4v) is 5.02. The Morgan fingerprint density at radius 1 is 1.30 bits per heavy atom. The normalized spacial score (nSPS) is 18.1. The first-order chi connectivity index (χ1) is 12.9. The Hall–Kier alpha value is -1.94. The van der Waals surface area contributed by atoms with Gasteiger partial charge in [-0.3, -0.25) is 4.72 Å². The standard InChI is InChI=1S/C17H17ClN4O3S2/c1-22-8-7-12(10-22)25-15-9-11(5-6-13(15)18)21-27(23,24)16-4-2-3-14-17(16)20-26-19-14/h2-6,9,12,21H,7-8,10H2,1H3. The number of hydrogen-bond donors (Lipinski definition) is 1. The van der Waals surface area contributed by atoms with E-state index in [0.29, 0.717) is 27.5 Å². The van der Waals surface area contributed by atoms with Crippen molar-refractivity contribution in [3.05, 3.63) is 41.4 Å². The van der Waals surface area contributed by atoms with E-state index in [-0.39, 0.29) is 11.0 Å². The monoisotopic (exact) mass is 424 g/mol. The molecule has 142 valence electrons. The van der Waals surface area contributed by atoms with Gasteiger partial charge in [0.15, 0.2) is 0 Å². The predicted molar refractivity (Wildman–Crippen MR) is 106 cm³/mol. The average molecular weight is 425 g/mol. The summed E-state index contributed by atoms with van der Waals surface area (Å²) in [6.07, 6.45) is 0.941. The van der Waals surface area contributed by atoms with Crippen LogP contribution in [0.5, 0.6) is 5.75 Å². The van der Waals surface area contributed by atoms with Gasteiger partial charge in [0.05, 0.1) is 22.4 Å². The van der Waals surface area contributed by atoms with Gasteiger partial charge in [-0.2, -0.15) is 8.75 Å². The minimum absolute atomic E-state index is 0.0363. The number of halogens is 1. The number of hydrogen-bond acceptors (Lipinski definition) is 7. The molecule has 27 heavy (non-hydrogen) atoms. The molecular weight excluding hydrogens is 408 g/mol. The van der Waals surface area contributed by atoms with Crippen LogP contribution in [-0.4, -0.2) is 48.3 Å². The number of likely N-dealkylation sites (tertiary alicyclic amines) is 1. The molecule has 1 saturated heterocycles. The Bertz CT molecular complexity index is 1090. The molecule has 0 aliphatic carbocycles. The molecule has 1 aromatic heterocycles. The van der Waals surface area contributed by atoms with E-state index >= 15 is 0 Å². The van der Waals surface area contributed by atoms with Crippen LogP contribution >= 0.6 is 23.3 Å². The fourth-order valence-electron chi connectivity index (χ4n) is 3.04. The van der Waals surface area contributed by atoms with E-state index in [1.807, 2.05) is 7.05 Å². The van der Waals surface area contributed by atoms with Crippen LogP contribution in [0.3, 0.4) is 0 Å². The molecule has 2 aromatic carbocycles. The zero-order chi connectivity index (χ0) is 19.0. The molecule has 1 N–H and O–H groups in total. The third kappa shape index (κ3) is 3.86. The lowest BCUT2D eigenvalue weighted by atomic mass is 10.3. The molecule has 10 heteroatoms. The van der Waals surface area contributed by atoms with E-state index in [1.165, 1.54) is 6.07 Å². The molecule has 3 aromatic rings. The lowest BCUT2D eigenvalue weighted by Crippen LogP contribution is -2.21. The zero-order valence-electron chi connectivity index (χ0n) is 14.4. The molecule has 2 heterocycles. The van der Waals surface area contributed by atoms with Gasteiger partial charge in [0.2, 0.25) is 0 Å². The van der Waals surface area contributed by atoms with Gasteiger partial charge in [-0.05, 0) is 37.7 Å².